The molecule has 1 atom stereocenters. The van der Waals surface area contributed by atoms with Crippen LogP contribution >= 0.6 is 0 Å². The summed E-state index contributed by atoms with van der Waals surface area (Å²) in [6.07, 6.45) is 4.83. The average molecular weight is 380 g/mol. The Bertz CT molecular complexity index is 938. The van der Waals surface area contributed by atoms with E-state index in [1.807, 2.05) is 49.1 Å². The van der Waals surface area contributed by atoms with Crippen LogP contribution in [0, 0.1) is 6.92 Å². The van der Waals surface area contributed by atoms with Gasteiger partial charge in [-0.3, -0.25) is 4.90 Å². The van der Waals surface area contributed by atoms with Crippen LogP contribution in [0.2, 0.25) is 0 Å². The molecule has 1 aromatic carbocycles. The topological polar surface area (TPSA) is 62.4 Å². The van der Waals surface area contributed by atoms with Crippen molar-refractivity contribution in [2.24, 2.45) is 14.1 Å². The summed E-state index contributed by atoms with van der Waals surface area (Å²) in [4.78, 5) is 13.6. The number of benzene rings is 1. The number of hydrogen-bond acceptors (Lipinski definition) is 5. The molecule has 1 fully saturated rings. The van der Waals surface area contributed by atoms with Gasteiger partial charge >= 0.3 is 0 Å². The van der Waals surface area contributed by atoms with Gasteiger partial charge in [0.05, 0.1) is 5.69 Å². The van der Waals surface area contributed by atoms with Crippen LogP contribution in [0.1, 0.15) is 29.0 Å². The first kappa shape index (κ1) is 18.7. The van der Waals surface area contributed by atoms with E-state index >= 15 is 0 Å². The van der Waals surface area contributed by atoms with E-state index in [9.17, 15) is 5.11 Å². The van der Waals surface area contributed by atoms with Gasteiger partial charge in [-0.25, -0.2) is 9.97 Å². The van der Waals surface area contributed by atoms with E-state index in [4.69, 9.17) is 0 Å². The Labute approximate surface area is 165 Å². The quantitative estimate of drug-likeness (QED) is 0.732. The Morgan fingerprint density at radius 3 is 2.46 bits per heavy atom. The predicted molar refractivity (Wildman–Crippen MR) is 109 cm³/mol. The molecule has 0 aliphatic carbocycles. The standard InChI is InChI=1S/C21H28N6O/c1-16-23-14-17(25(16)3)15-26-10-12-27(13-11-26)19-7-5-4-6-18(19)20(28)21-22-8-9-24(21)2/h4-9,14,20,28H,10-13,15H2,1-3H3/t20-/m0/s1. The minimum absolute atomic E-state index is 0.665. The lowest BCUT2D eigenvalue weighted by atomic mass is 10.0. The van der Waals surface area contributed by atoms with Gasteiger partial charge in [0, 0.05) is 76.7 Å². The summed E-state index contributed by atoms with van der Waals surface area (Å²) in [6.45, 7) is 6.78. The summed E-state index contributed by atoms with van der Waals surface area (Å²) >= 11 is 0. The van der Waals surface area contributed by atoms with Crippen molar-refractivity contribution in [1.29, 1.82) is 0 Å². The highest BCUT2D eigenvalue weighted by Crippen LogP contribution is 2.30. The normalized spacial score (nSPS) is 16.5. The van der Waals surface area contributed by atoms with Crippen LogP contribution in [0.5, 0.6) is 0 Å². The first-order valence-corrected chi connectivity index (χ1v) is 9.73. The maximum atomic E-state index is 10.9. The third-order valence-corrected chi connectivity index (χ3v) is 5.75. The Hall–Kier alpha value is -2.64. The number of para-hydroxylation sites is 1. The molecule has 2 aromatic heterocycles. The minimum atomic E-state index is -0.730. The van der Waals surface area contributed by atoms with Gasteiger partial charge in [-0.2, -0.15) is 0 Å². The highest BCUT2D eigenvalue weighted by Gasteiger charge is 2.24. The summed E-state index contributed by atoms with van der Waals surface area (Å²) < 4.78 is 4.03. The summed E-state index contributed by atoms with van der Waals surface area (Å²) in [7, 11) is 3.98. The van der Waals surface area contributed by atoms with Crippen LogP contribution in [0.4, 0.5) is 5.69 Å². The van der Waals surface area contributed by atoms with Gasteiger partial charge in [-0.05, 0) is 13.0 Å². The zero-order chi connectivity index (χ0) is 19.7. The molecule has 0 unspecified atom stereocenters. The number of hydrogen-bond donors (Lipinski definition) is 1. The molecule has 1 aliphatic heterocycles. The number of aliphatic hydroxyl groups is 1. The van der Waals surface area contributed by atoms with Crippen molar-refractivity contribution in [2.45, 2.75) is 19.6 Å². The highest BCUT2D eigenvalue weighted by molar-refractivity contribution is 5.56. The number of nitrogens with zero attached hydrogens (tertiary/aromatic N) is 6. The number of piperazine rings is 1. The third kappa shape index (κ3) is 3.55. The van der Waals surface area contributed by atoms with E-state index in [1.165, 1.54) is 5.69 Å². The maximum absolute atomic E-state index is 10.9. The van der Waals surface area contributed by atoms with Crippen LogP contribution in [0.25, 0.3) is 0 Å². The fourth-order valence-corrected chi connectivity index (χ4v) is 3.86. The summed E-state index contributed by atoms with van der Waals surface area (Å²) in [5.41, 5.74) is 3.25. The zero-order valence-electron chi connectivity index (χ0n) is 16.8. The van der Waals surface area contributed by atoms with Gasteiger partial charge in [-0.15, -0.1) is 0 Å². The maximum Gasteiger partial charge on any atom is 0.142 e. The summed E-state index contributed by atoms with van der Waals surface area (Å²) in [6, 6.07) is 8.11. The van der Waals surface area contributed by atoms with E-state index < -0.39 is 6.10 Å². The monoisotopic (exact) mass is 380 g/mol. The van der Waals surface area contributed by atoms with E-state index in [-0.39, 0.29) is 0 Å². The lowest BCUT2D eigenvalue weighted by Gasteiger charge is -2.37. The number of aliphatic hydroxyl groups excluding tert-OH is 1. The molecule has 0 amide bonds. The number of aromatic nitrogens is 4. The molecule has 3 aromatic rings. The molecule has 0 radical (unpaired) electrons. The lowest BCUT2D eigenvalue weighted by molar-refractivity contribution is 0.205. The Kier molecular flexibility index (Phi) is 5.19. The second-order valence-electron chi connectivity index (χ2n) is 7.48. The molecule has 1 aliphatic rings. The first-order chi connectivity index (χ1) is 13.5. The molecule has 0 spiro atoms. The molecule has 28 heavy (non-hydrogen) atoms. The van der Waals surface area contributed by atoms with Crippen molar-refractivity contribution in [3.8, 4) is 0 Å². The van der Waals surface area contributed by atoms with Crippen LogP contribution < -0.4 is 4.90 Å². The smallest absolute Gasteiger partial charge is 0.142 e. The van der Waals surface area contributed by atoms with Crippen LogP contribution in [0.3, 0.4) is 0 Å². The van der Waals surface area contributed by atoms with Crippen molar-refractivity contribution in [3.05, 3.63) is 65.8 Å². The van der Waals surface area contributed by atoms with Gasteiger partial charge in [0.1, 0.15) is 17.8 Å². The zero-order valence-corrected chi connectivity index (χ0v) is 16.8. The highest BCUT2D eigenvalue weighted by atomic mass is 16.3. The van der Waals surface area contributed by atoms with E-state index in [0.717, 1.165) is 49.8 Å². The molecule has 1 N–H and O–H groups in total. The Morgan fingerprint density at radius 2 is 1.82 bits per heavy atom. The van der Waals surface area contributed by atoms with Crippen LogP contribution in [0.15, 0.2) is 42.9 Å². The predicted octanol–water partition coefficient (Wildman–Crippen LogP) is 1.87. The van der Waals surface area contributed by atoms with Crippen LogP contribution in [-0.2, 0) is 20.6 Å². The SMILES string of the molecule is Cc1ncc(CN2CCN(c3ccccc3[C@H](O)c3nccn3C)CC2)n1C. The van der Waals surface area contributed by atoms with E-state index in [1.54, 1.807) is 6.20 Å². The van der Waals surface area contributed by atoms with Crippen molar-refractivity contribution in [1.82, 2.24) is 24.0 Å². The average Bonchev–Trinajstić information content (AvgIpc) is 3.28. The molecule has 148 valence electrons. The minimum Gasteiger partial charge on any atom is -0.380 e. The fraction of sp³-hybridized carbons (Fsp3) is 0.429. The van der Waals surface area contributed by atoms with Gasteiger partial charge < -0.3 is 19.1 Å². The number of rotatable bonds is 5. The first-order valence-electron chi connectivity index (χ1n) is 9.73. The van der Waals surface area contributed by atoms with Gasteiger partial charge in [0.25, 0.3) is 0 Å². The van der Waals surface area contributed by atoms with E-state index in [0.29, 0.717) is 5.82 Å². The van der Waals surface area contributed by atoms with Crippen molar-refractivity contribution in [2.75, 3.05) is 31.1 Å². The van der Waals surface area contributed by atoms with Gasteiger partial charge in [-0.1, -0.05) is 18.2 Å². The molecule has 4 rings (SSSR count). The largest absolute Gasteiger partial charge is 0.380 e. The van der Waals surface area contributed by atoms with Gasteiger partial charge in [0.15, 0.2) is 0 Å². The molecule has 0 saturated carbocycles. The Morgan fingerprint density at radius 1 is 1.07 bits per heavy atom. The number of imidazole rings is 2. The third-order valence-electron chi connectivity index (χ3n) is 5.75. The summed E-state index contributed by atoms with van der Waals surface area (Å²) in [5.74, 6) is 1.71. The van der Waals surface area contributed by atoms with Crippen molar-refractivity contribution >= 4 is 5.69 Å². The van der Waals surface area contributed by atoms with E-state index in [2.05, 4.69) is 37.4 Å². The molecule has 0 bridgehead atoms. The van der Waals surface area contributed by atoms with Crippen molar-refractivity contribution in [3.63, 3.8) is 0 Å². The van der Waals surface area contributed by atoms with Crippen molar-refractivity contribution < 1.29 is 5.11 Å². The second kappa shape index (κ2) is 7.77. The number of aryl methyl sites for hydroxylation is 2. The number of anilines is 1. The molecule has 7 heteroatoms. The molecular formula is C21H28N6O. The van der Waals surface area contributed by atoms with Gasteiger partial charge in [0.2, 0.25) is 0 Å². The second-order valence-corrected chi connectivity index (χ2v) is 7.48. The van der Waals surface area contributed by atoms with Crippen LogP contribution in [-0.4, -0.2) is 55.3 Å². The molecule has 7 nitrogen and oxygen atoms in total. The summed E-state index contributed by atoms with van der Waals surface area (Å²) in [5, 5.41) is 10.9. The molecular weight excluding hydrogens is 352 g/mol. The molecule has 1 saturated heterocycles. The fourth-order valence-electron chi connectivity index (χ4n) is 3.86. The molecule has 3 heterocycles. The lowest BCUT2D eigenvalue weighted by Crippen LogP contribution is -2.46. The Balaban J connectivity index is 1.46.